The Morgan fingerprint density at radius 2 is 1.76 bits per heavy atom. The molecule has 0 fully saturated rings. The van der Waals surface area contributed by atoms with Gasteiger partial charge in [-0.15, -0.1) is 0 Å². The predicted octanol–water partition coefficient (Wildman–Crippen LogP) is 3.89. The zero-order valence-electron chi connectivity index (χ0n) is 15.3. The van der Waals surface area contributed by atoms with E-state index in [4.69, 9.17) is 14.2 Å². The Bertz CT molecular complexity index is 893. The van der Waals surface area contributed by atoms with E-state index in [1.165, 1.54) is 30.3 Å². The van der Waals surface area contributed by atoms with Crippen LogP contribution in [-0.2, 0) is 9.53 Å². The number of hydrogen-bond acceptors (Lipinski definition) is 6. The summed E-state index contributed by atoms with van der Waals surface area (Å²) in [5, 5.41) is 0. The third-order valence-electron chi connectivity index (χ3n) is 3.93. The number of ketones is 1. The number of fused-ring (bicyclic) bond motifs is 1. The lowest BCUT2D eigenvalue weighted by Gasteiger charge is -2.08. The van der Waals surface area contributed by atoms with Crippen LogP contribution in [0.3, 0.4) is 0 Å². The third kappa shape index (κ3) is 6.03. The van der Waals surface area contributed by atoms with E-state index in [2.05, 4.69) is 4.74 Å². The average Bonchev–Trinajstić information content (AvgIpc) is 2.96. The van der Waals surface area contributed by atoms with Gasteiger partial charge in [0.1, 0.15) is 5.75 Å². The highest BCUT2D eigenvalue weighted by molar-refractivity contribution is 5.99. The smallest absolute Gasteiger partial charge is 0.387 e. The summed E-state index contributed by atoms with van der Waals surface area (Å²) in [5.74, 6) is -0.0141. The first-order valence-electron chi connectivity index (χ1n) is 8.84. The zero-order valence-corrected chi connectivity index (χ0v) is 15.3. The lowest BCUT2D eigenvalue weighted by atomic mass is 10.1. The first-order valence-corrected chi connectivity index (χ1v) is 8.84. The van der Waals surface area contributed by atoms with Crippen LogP contribution in [0.5, 0.6) is 17.2 Å². The molecule has 1 aliphatic rings. The molecule has 8 heteroatoms. The summed E-state index contributed by atoms with van der Waals surface area (Å²) in [6.45, 7) is -2.28. The summed E-state index contributed by atoms with van der Waals surface area (Å²) in [6.07, 6.45) is 3.33. The van der Waals surface area contributed by atoms with Gasteiger partial charge in [-0.3, -0.25) is 4.79 Å². The first kappa shape index (κ1) is 20.3. The summed E-state index contributed by atoms with van der Waals surface area (Å²) in [5.41, 5.74) is 0.929. The van der Waals surface area contributed by atoms with E-state index in [1.54, 1.807) is 18.2 Å². The van der Waals surface area contributed by atoms with Crippen LogP contribution in [-0.4, -0.2) is 38.2 Å². The molecule has 3 rings (SSSR count). The maximum Gasteiger partial charge on any atom is 0.387 e. The van der Waals surface area contributed by atoms with Crippen LogP contribution < -0.4 is 14.2 Å². The molecule has 0 saturated carbocycles. The normalized spacial score (nSPS) is 13.2. The van der Waals surface area contributed by atoms with Crippen molar-refractivity contribution in [2.75, 3.05) is 19.8 Å². The van der Waals surface area contributed by atoms with Crippen LogP contribution >= 0.6 is 0 Å². The molecule has 0 atom stereocenters. The van der Waals surface area contributed by atoms with Gasteiger partial charge < -0.3 is 18.9 Å². The fourth-order valence-corrected chi connectivity index (χ4v) is 2.53. The van der Waals surface area contributed by atoms with Crippen molar-refractivity contribution in [1.82, 2.24) is 0 Å². The molecule has 0 aliphatic carbocycles. The average molecular weight is 404 g/mol. The van der Waals surface area contributed by atoms with Gasteiger partial charge in [-0.1, -0.05) is 12.1 Å². The molecule has 29 heavy (non-hydrogen) atoms. The van der Waals surface area contributed by atoms with Crippen LogP contribution in [0.2, 0.25) is 0 Å². The lowest BCUT2D eigenvalue weighted by molar-refractivity contribution is -0.136. The number of benzene rings is 2. The van der Waals surface area contributed by atoms with Crippen LogP contribution in [0.15, 0.2) is 48.5 Å². The van der Waals surface area contributed by atoms with Crippen LogP contribution in [0.4, 0.5) is 8.78 Å². The molecule has 0 N–H and O–H groups in total. The number of rotatable bonds is 7. The summed E-state index contributed by atoms with van der Waals surface area (Å²) < 4.78 is 44.5. The Labute approximate surface area is 165 Å². The quantitative estimate of drug-likeness (QED) is 0.396. The number of esters is 1. The molecule has 1 aliphatic heterocycles. The van der Waals surface area contributed by atoms with E-state index in [1.807, 2.05) is 0 Å². The van der Waals surface area contributed by atoms with Crippen molar-refractivity contribution in [3.8, 4) is 17.2 Å². The molecule has 152 valence electrons. The predicted molar refractivity (Wildman–Crippen MR) is 99.4 cm³/mol. The molecule has 0 spiro atoms. The summed E-state index contributed by atoms with van der Waals surface area (Å²) in [6, 6.07) is 10.5. The van der Waals surface area contributed by atoms with Crippen molar-refractivity contribution >= 4 is 17.8 Å². The molecule has 2 aromatic rings. The number of alkyl halides is 2. The molecule has 0 aromatic heterocycles. The molecular formula is C21H18F2O6. The number of hydrogen-bond donors (Lipinski definition) is 0. The van der Waals surface area contributed by atoms with Crippen LogP contribution in [0.25, 0.3) is 6.08 Å². The van der Waals surface area contributed by atoms with Crippen LogP contribution in [0.1, 0.15) is 22.3 Å². The van der Waals surface area contributed by atoms with Gasteiger partial charge in [0, 0.05) is 18.1 Å². The minimum absolute atomic E-state index is 0.0143. The molecule has 0 unspecified atom stereocenters. The van der Waals surface area contributed by atoms with Gasteiger partial charge >= 0.3 is 12.6 Å². The number of Topliss-reactive ketones (excluding diaryl/α,β-unsaturated/α-hetero) is 1. The summed E-state index contributed by atoms with van der Waals surface area (Å²) in [4.78, 5) is 24.1. The van der Waals surface area contributed by atoms with E-state index in [-0.39, 0.29) is 11.5 Å². The maximum atomic E-state index is 12.2. The molecule has 2 aromatic carbocycles. The largest absolute Gasteiger partial charge is 0.490 e. The van der Waals surface area contributed by atoms with Crippen molar-refractivity contribution in [1.29, 1.82) is 0 Å². The van der Waals surface area contributed by atoms with E-state index in [9.17, 15) is 18.4 Å². The minimum Gasteiger partial charge on any atom is -0.490 e. The summed E-state index contributed by atoms with van der Waals surface area (Å²) in [7, 11) is 0. The van der Waals surface area contributed by atoms with Crippen molar-refractivity contribution in [2.45, 2.75) is 13.0 Å². The Morgan fingerprint density at radius 3 is 2.48 bits per heavy atom. The fourth-order valence-electron chi connectivity index (χ4n) is 2.53. The van der Waals surface area contributed by atoms with Gasteiger partial charge in [0.05, 0.1) is 13.2 Å². The monoisotopic (exact) mass is 404 g/mol. The Morgan fingerprint density at radius 1 is 1.03 bits per heavy atom. The van der Waals surface area contributed by atoms with E-state index >= 15 is 0 Å². The van der Waals surface area contributed by atoms with E-state index < -0.39 is 19.2 Å². The molecule has 0 bridgehead atoms. The topological polar surface area (TPSA) is 71.1 Å². The highest BCUT2D eigenvalue weighted by Gasteiger charge is 2.15. The van der Waals surface area contributed by atoms with Crippen molar-refractivity contribution in [2.24, 2.45) is 0 Å². The van der Waals surface area contributed by atoms with Crippen molar-refractivity contribution in [3.63, 3.8) is 0 Å². The number of carbonyl (C=O) groups is 2. The van der Waals surface area contributed by atoms with E-state index in [0.717, 1.165) is 12.5 Å². The second-order valence-corrected chi connectivity index (χ2v) is 6.02. The van der Waals surface area contributed by atoms with Crippen molar-refractivity contribution in [3.05, 3.63) is 59.7 Å². The minimum atomic E-state index is -2.90. The highest BCUT2D eigenvalue weighted by Crippen LogP contribution is 2.30. The zero-order chi connectivity index (χ0) is 20.6. The maximum absolute atomic E-state index is 12.2. The Hall–Kier alpha value is -3.42. The SMILES string of the molecule is O=C(/C=C/c1ccc(OC(F)F)cc1)OCC(=O)c1ccc2c(c1)OCCCO2. The van der Waals surface area contributed by atoms with E-state index in [0.29, 0.717) is 35.8 Å². The Balaban J connectivity index is 1.51. The number of ether oxygens (including phenoxy) is 4. The number of halogens is 2. The second-order valence-electron chi connectivity index (χ2n) is 6.02. The standard InChI is InChI=1S/C21H18F2O6/c22-21(23)29-16-6-2-14(3-7-16)4-9-20(25)28-13-17(24)15-5-8-18-19(12-15)27-11-1-10-26-18/h2-9,12,21H,1,10-11,13H2/b9-4+. The number of carbonyl (C=O) groups excluding carboxylic acids is 2. The lowest BCUT2D eigenvalue weighted by Crippen LogP contribution is -2.12. The molecule has 6 nitrogen and oxygen atoms in total. The van der Waals surface area contributed by atoms with Crippen molar-refractivity contribution < 1.29 is 37.3 Å². The molecule has 1 heterocycles. The molecule has 0 amide bonds. The van der Waals surface area contributed by atoms with Crippen LogP contribution in [0, 0.1) is 0 Å². The van der Waals surface area contributed by atoms with Gasteiger partial charge in [-0.2, -0.15) is 8.78 Å². The Kier molecular flexibility index (Phi) is 6.78. The van der Waals surface area contributed by atoms with Gasteiger partial charge in [0.25, 0.3) is 0 Å². The van der Waals surface area contributed by atoms with Gasteiger partial charge in [-0.25, -0.2) is 4.79 Å². The van der Waals surface area contributed by atoms with Gasteiger partial charge in [0.15, 0.2) is 23.9 Å². The van der Waals surface area contributed by atoms with Gasteiger partial charge in [-0.05, 0) is 42.0 Å². The first-order chi connectivity index (χ1) is 14.0. The van der Waals surface area contributed by atoms with Gasteiger partial charge in [0.2, 0.25) is 0 Å². The molecule has 0 saturated heterocycles. The molecular weight excluding hydrogens is 386 g/mol. The third-order valence-corrected chi connectivity index (χ3v) is 3.93. The molecule has 0 radical (unpaired) electrons. The fraction of sp³-hybridized carbons (Fsp3) is 0.238. The highest BCUT2D eigenvalue weighted by atomic mass is 19.3. The summed E-state index contributed by atoms with van der Waals surface area (Å²) >= 11 is 0. The second kappa shape index (κ2) is 9.68.